The molecule has 0 aliphatic heterocycles. The van der Waals surface area contributed by atoms with E-state index in [1.807, 2.05) is 31.3 Å². The van der Waals surface area contributed by atoms with Crippen molar-refractivity contribution in [3.05, 3.63) is 46.1 Å². The number of nitrogens with one attached hydrogen (secondary N) is 1. The Labute approximate surface area is 133 Å². The van der Waals surface area contributed by atoms with E-state index >= 15 is 0 Å². The fourth-order valence-electron chi connectivity index (χ4n) is 2.00. The fourth-order valence-corrected chi connectivity index (χ4v) is 2.38. The summed E-state index contributed by atoms with van der Waals surface area (Å²) in [5, 5.41) is 3.11. The van der Waals surface area contributed by atoms with Crippen LogP contribution in [0.15, 0.2) is 34.9 Å². The SMILES string of the molecule is CCc1ccc(Oc2ncc(Br)cc2CNC)c(OC)c1. The number of halogens is 1. The van der Waals surface area contributed by atoms with Gasteiger partial charge in [0.2, 0.25) is 5.88 Å². The number of nitrogens with zero attached hydrogens (tertiary/aromatic N) is 1. The molecule has 0 aliphatic rings. The van der Waals surface area contributed by atoms with Crippen LogP contribution in [0.5, 0.6) is 17.4 Å². The highest BCUT2D eigenvalue weighted by atomic mass is 79.9. The highest BCUT2D eigenvalue weighted by Gasteiger charge is 2.11. The normalized spacial score (nSPS) is 10.5. The number of hydrogen-bond acceptors (Lipinski definition) is 4. The lowest BCUT2D eigenvalue weighted by Crippen LogP contribution is -2.07. The van der Waals surface area contributed by atoms with Gasteiger partial charge in [-0.05, 0) is 53.2 Å². The molecule has 1 heterocycles. The molecule has 5 heteroatoms. The molecule has 112 valence electrons. The molecule has 0 fully saturated rings. The summed E-state index contributed by atoms with van der Waals surface area (Å²) in [6.07, 6.45) is 2.68. The number of methoxy groups -OCH3 is 1. The minimum Gasteiger partial charge on any atom is -0.493 e. The first-order chi connectivity index (χ1) is 10.2. The number of aryl methyl sites for hydroxylation is 1. The quantitative estimate of drug-likeness (QED) is 0.857. The van der Waals surface area contributed by atoms with Gasteiger partial charge < -0.3 is 14.8 Å². The molecule has 0 saturated heterocycles. The second-order valence-electron chi connectivity index (χ2n) is 4.59. The number of hydrogen-bond donors (Lipinski definition) is 1. The van der Waals surface area contributed by atoms with E-state index in [4.69, 9.17) is 9.47 Å². The standard InChI is InChI=1S/C16H19BrN2O2/c1-4-11-5-6-14(15(7-11)20-3)21-16-12(9-18-2)8-13(17)10-19-16/h5-8,10,18H,4,9H2,1-3H3. The Hall–Kier alpha value is -1.59. The number of aromatic nitrogens is 1. The van der Waals surface area contributed by atoms with E-state index in [0.29, 0.717) is 18.2 Å². The van der Waals surface area contributed by atoms with E-state index in [9.17, 15) is 0 Å². The van der Waals surface area contributed by atoms with E-state index in [-0.39, 0.29) is 0 Å². The topological polar surface area (TPSA) is 43.4 Å². The van der Waals surface area contributed by atoms with Crippen molar-refractivity contribution >= 4 is 15.9 Å². The molecule has 1 aromatic carbocycles. The van der Waals surface area contributed by atoms with Gasteiger partial charge in [-0.25, -0.2) is 4.98 Å². The second-order valence-corrected chi connectivity index (χ2v) is 5.50. The van der Waals surface area contributed by atoms with Crippen molar-refractivity contribution in [1.82, 2.24) is 10.3 Å². The lowest BCUT2D eigenvalue weighted by atomic mass is 10.1. The smallest absolute Gasteiger partial charge is 0.223 e. The zero-order valence-corrected chi connectivity index (χ0v) is 14.0. The van der Waals surface area contributed by atoms with Gasteiger partial charge in [0.05, 0.1) is 7.11 Å². The number of ether oxygens (including phenoxy) is 2. The maximum Gasteiger partial charge on any atom is 0.223 e. The Balaban J connectivity index is 2.33. The van der Waals surface area contributed by atoms with Crippen LogP contribution in [0.2, 0.25) is 0 Å². The summed E-state index contributed by atoms with van der Waals surface area (Å²) in [5.74, 6) is 1.96. The molecule has 2 aromatic rings. The Morgan fingerprint density at radius 2 is 2.05 bits per heavy atom. The van der Waals surface area contributed by atoms with Gasteiger partial charge in [-0.1, -0.05) is 13.0 Å². The van der Waals surface area contributed by atoms with E-state index in [2.05, 4.69) is 33.2 Å². The summed E-state index contributed by atoms with van der Waals surface area (Å²) < 4.78 is 12.3. The molecule has 0 amide bonds. The Kier molecular flexibility index (Phi) is 5.59. The van der Waals surface area contributed by atoms with E-state index in [0.717, 1.165) is 22.2 Å². The predicted molar refractivity (Wildman–Crippen MR) is 87.1 cm³/mol. The summed E-state index contributed by atoms with van der Waals surface area (Å²) >= 11 is 3.43. The Morgan fingerprint density at radius 1 is 1.24 bits per heavy atom. The van der Waals surface area contributed by atoms with E-state index in [1.165, 1.54) is 5.56 Å². The number of rotatable bonds is 6. The molecular formula is C16H19BrN2O2. The molecule has 0 radical (unpaired) electrons. The third-order valence-electron chi connectivity index (χ3n) is 3.10. The summed E-state index contributed by atoms with van der Waals surface area (Å²) in [7, 11) is 3.53. The van der Waals surface area contributed by atoms with Gasteiger partial charge in [0.1, 0.15) is 0 Å². The minimum atomic E-state index is 0.579. The second kappa shape index (κ2) is 7.43. The molecular weight excluding hydrogens is 332 g/mol. The molecule has 0 unspecified atom stereocenters. The summed E-state index contributed by atoms with van der Waals surface area (Å²) in [6.45, 7) is 2.79. The molecule has 0 bridgehead atoms. The molecule has 2 rings (SSSR count). The predicted octanol–water partition coefficient (Wildman–Crippen LogP) is 3.93. The molecule has 21 heavy (non-hydrogen) atoms. The van der Waals surface area contributed by atoms with E-state index in [1.54, 1.807) is 13.3 Å². The Bertz CT molecular complexity index is 617. The molecule has 1 N–H and O–H groups in total. The van der Waals surface area contributed by atoms with Crippen molar-refractivity contribution in [1.29, 1.82) is 0 Å². The van der Waals surface area contributed by atoms with Crippen molar-refractivity contribution in [2.24, 2.45) is 0 Å². The van der Waals surface area contributed by atoms with Gasteiger partial charge in [0, 0.05) is 22.8 Å². The third-order valence-corrected chi connectivity index (χ3v) is 3.54. The van der Waals surface area contributed by atoms with E-state index < -0.39 is 0 Å². The average Bonchev–Trinajstić information content (AvgIpc) is 2.50. The molecule has 4 nitrogen and oxygen atoms in total. The first-order valence-electron chi connectivity index (χ1n) is 6.81. The summed E-state index contributed by atoms with van der Waals surface area (Å²) in [5.41, 5.74) is 2.19. The first kappa shape index (κ1) is 15.8. The van der Waals surface area contributed by atoms with Crippen molar-refractivity contribution in [3.63, 3.8) is 0 Å². The number of benzene rings is 1. The highest BCUT2D eigenvalue weighted by Crippen LogP contribution is 2.33. The summed E-state index contributed by atoms with van der Waals surface area (Å²) in [6, 6.07) is 7.94. The molecule has 0 atom stereocenters. The van der Waals surface area contributed by atoms with Crippen LogP contribution >= 0.6 is 15.9 Å². The molecule has 1 aromatic heterocycles. The average molecular weight is 351 g/mol. The van der Waals surface area contributed by atoms with Crippen LogP contribution in [0.3, 0.4) is 0 Å². The Morgan fingerprint density at radius 3 is 2.71 bits per heavy atom. The van der Waals surface area contributed by atoms with Gasteiger partial charge in [-0.2, -0.15) is 0 Å². The van der Waals surface area contributed by atoms with Crippen LogP contribution in [0, 0.1) is 0 Å². The van der Waals surface area contributed by atoms with Crippen molar-refractivity contribution in [2.45, 2.75) is 19.9 Å². The number of pyridine rings is 1. The van der Waals surface area contributed by atoms with Crippen LogP contribution < -0.4 is 14.8 Å². The summed E-state index contributed by atoms with van der Waals surface area (Å²) in [4.78, 5) is 4.35. The zero-order valence-electron chi connectivity index (χ0n) is 12.4. The zero-order chi connectivity index (χ0) is 15.2. The molecule has 0 aliphatic carbocycles. The lowest BCUT2D eigenvalue weighted by Gasteiger charge is -2.13. The van der Waals surface area contributed by atoms with Gasteiger partial charge in [0.15, 0.2) is 11.5 Å². The van der Waals surface area contributed by atoms with Crippen LogP contribution in [0.1, 0.15) is 18.1 Å². The van der Waals surface area contributed by atoms with Crippen LogP contribution in [0.25, 0.3) is 0 Å². The maximum atomic E-state index is 5.94. The minimum absolute atomic E-state index is 0.579. The first-order valence-corrected chi connectivity index (χ1v) is 7.61. The fraction of sp³-hybridized carbons (Fsp3) is 0.312. The largest absolute Gasteiger partial charge is 0.493 e. The maximum absolute atomic E-state index is 5.94. The monoisotopic (exact) mass is 350 g/mol. The van der Waals surface area contributed by atoms with Gasteiger partial charge in [-0.3, -0.25) is 0 Å². The van der Waals surface area contributed by atoms with Crippen molar-refractivity contribution in [3.8, 4) is 17.4 Å². The van der Waals surface area contributed by atoms with Crippen LogP contribution in [-0.2, 0) is 13.0 Å². The van der Waals surface area contributed by atoms with Crippen molar-refractivity contribution in [2.75, 3.05) is 14.2 Å². The molecule has 0 saturated carbocycles. The van der Waals surface area contributed by atoms with Crippen molar-refractivity contribution < 1.29 is 9.47 Å². The molecule has 0 spiro atoms. The highest BCUT2D eigenvalue weighted by molar-refractivity contribution is 9.10. The van der Waals surface area contributed by atoms with Gasteiger partial charge in [0.25, 0.3) is 0 Å². The van der Waals surface area contributed by atoms with Gasteiger partial charge in [-0.15, -0.1) is 0 Å². The third kappa shape index (κ3) is 3.95. The van der Waals surface area contributed by atoms with Crippen LogP contribution in [0.4, 0.5) is 0 Å². The lowest BCUT2D eigenvalue weighted by molar-refractivity contribution is 0.371. The van der Waals surface area contributed by atoms with Crippen LogP contribution in [-0.4, -0.2) is 19.1 Å². The van der Waals surface area contributed by atoms with Gasteiger partial charge >= 0.3 is 0 Å².